The van der Waals surface area contributed by atoms with Crippen molar-refractivity contribution in [3.63, 3.8) is 0 Å². The zero-order valence-electron chi connectivity index (χ0n) is 13.0. The standard InChI is InChI=1S/C17H20Cl2N2O/c1-17(2,3)21-6-4-15(5-7-21)20-16(22)10-12-8-13(18)11-14(19)9-12/h4-6,8-9,11H,7,10H2,1-3H3,(H,20,22). The first-order chi connectivity index (χ1) is 10.2. The van der Waals surface area contributed by atoms with Crippen molar-refractivity contribution in [1.29, 1.82) is 0 Å². The largest absolute Gasteiger partial charge is 0.369 e. The van der Waals surface area contributed by atoms with E-state index in [0.717, 1.165) is 17.8 Å². The van der Waals surface area contributed by atoms with Gasteiger partial charge in [0.05, 0.1) is 6.42 Å². The summed E-state index contributed by atoms with van der Waals surface area (Å²) in [5.74, 6) is -0.0848. The SMILES string of the molecule is CC(C)(C)N1C=CC(NC(=O)Cc2cc(Cl)cc(Cl)c2)=CC1. The topological polar surface area (TPSA) is 32.3 Å². The first-order valence-corrected chi connectivity index (χ1v) is 7.89. The van der Waals surface area contributed by atoms with Crippen LogP contribution in [0, 0.1) is 0 Å². The van der Waals surface area contributed by atoms with Crippen LogP contribution in [0.5, 0.6) is 0 Å². The van der Waals surface area contributed by atoms with E-state index in [1.807, 2.05) is 18.4 Å². The van der Waals surface area contributed by atoms with Crippen LogP contribution in [0.15, 0.2) is 42.2 Å². The fraction of sp³-hybridized carbons (Fsp3) is 0.353. The molecule has 0 bridgehead atoms. The van der Waals surface area contributed by atoms with Crippen molar-refractivity contribution in [2.45, 2.75) is 32.7 Å². The molecule has 0 atom stereocenters. The molecule has 1 heterocycles. The summed E-state index contributed by atoms with van der Waals surface area (Å²) in [4.78, 5) is 14.3. The summed E-state index contributed by atoms with van der Waals surface area (Å²) in [5.41, 5.74) is 1.69. The first-order valence-electron chi connectivity index (χ1n) is 7.14. The highest BCUT2D eigenvalue weighted by Crippen LogP contribution is 2.20. The summed E-state index contributed by atoms with van der Waals surface area (Å²) in [5, 5.41) is 3.97. The summed E-state index contributed by atoms with van der Waals surface area (Å²) < 4.78 is 0. The molecule has 3 nitrogen and oxygen atoms in total. The highest BCUT2D eigenvalue weighted by Gasteiger charge is 2.19. The lowest BCUT2D eigenvalue weighted by Gasteiger charge is -2.35. The summed E-state index contributed by atoms with van der Waals surface area (Å²) in [6.45, 7) is 7.23. The molecular formula is C17H20Cl2N2O. The Bertz CT molecular complexity index is 610. The van der Waals surface area contributed by atoms with Crippen LogP contribution in [0.1, 0.15) is 26.3 Å². The van der Waals surface area contributed by atoms with Gasteiger partial charge in [-0.1, -0.05) is 23.2 Å². The molecular weight excluding hydrogens is 319 g/mol. The molecule has 1 N–H and O–H groups in total. The van der Waals surface area contributed by atoms with Crippen molar-refractivity contribution in [3.8, 4) is 0 Å². The molecule has 0 saturated heterocycles. The van der Waals surface area contributed by atoms with Crippen molar-refractivity contribution in [2.24, 2.45) is 0 Å². The number of hydrogen-bond donors (Lipinski definition) is 1. The summed E-state index contributed by atoms with van der Waals surface area (Å²) in [6.07, 6.45) is 6.17. The van der Waals surface area contributed by atoms with Crippen molar-refractivity contribution < 1.29 is 4.79 Å². The predicted octanol–water partition coefficient (Wildman–Crippen LogP) is 4.16. The van der Waals surface area contributed by atoms with E-state index in [0.29, 0.717) is 10.0 Å². The lowest BCUT2D eigenvalue weighted by Crippen LogP contribution is -2.39. The third-order valence-electron chi connectivity index (χ3n) is 3.37. The molecule has 0 saturated carbocycles. The van der Waals surface area contributed by atoms with E-state index in [1.54, 1.807) is 18.2 Å². The maximum absolute atomic E-state index is 12.1. The Hall–Kier alpha value is -1.45. The van der Waals surface area contributed by atoms with Crippen molar-refractivity contribution in [3.05, 3.63) is 57.9 Å². The average Bonchev–Trinajstić information content (AvgIpc) is 2.36. The molecule has 0 aliphatic carbocycles. The van der Waals surface area contributed by atoms with Crippen molar-refractivity contribution in [1.82, 2.24) is 10.2 Å². The third kappa shape index (κ3) is 4.79. The lowest BCUT2D eigenvalue weighted by molar-refractivity contribution is -0.119. The minimum atomic E-state index is -0.0848. The summed E-state index contributed by atoms with van der Waals surface area (Å²) in [7, 11) is 0. The van der Waals surface area contributed by atoms with Gasteiger partial charge in [-0.2, -0.15) is 0 Å². The maximum atomic E-state index is 12.1. The Balaban J connectivity index is 1.94. The summed E-state index contributed by atoms with van der Waals surface area (Å²) in [6, 6.07) is 5.15. The number of carbonyl (C=O) groups excluding carboxylic acids is 1. The van der Waals surface area contributed by atoms with E-state index in [9.17, 15) is 4.79 Å². The van der Waals surface area contributed by atoms with Crippen LogP contribution in [-0.2, 0) is 11.2 Å². The van der Waals surface area contributed by atoms with E-state index < -0.39 is 0 Å². The van der Waals surface area contributed by atoms with Gasteiger partial charge in [-0.3, -0.25) is 4.79 Å². The Morgan fingerprint density at radius 3 is 2.36 bits per heavy atom. The van der Waals surface area contributed by atoms with E-state index in [2.05, 4.69) is 31.0 Å². The van der Waals surface area contributed by atoms with E-state index in [4.69, 9.17) is 23.2 Å². The second-order valence-electron chi connectivity index (χ2n) is 6.30. The number of nitrogens with one attached hydrogen (secondary N) is 1. The molecule has 0 radical (unpaired) electrons. The zero-order valence-corrected chi connectivity index (χ0v) is 14.5. The molecule has 22 heavy (non-hydrogen) atoms. The quantitative estimate of drug-likeness (QED) is 0.897. The molecule has 1 aliphatic heterocycles. The Morgan fingerprint density at radius 2 is 1.86 bits per heavy atom. The Morgan fingerprint density at radius 1 is 1.23 bits per heavy atom. The van der Waals surface area contributed by atoms with Crippen molar-refractivity contribution >= 4 is 29.1 Å². The predicted molar refractivity (Wildman–Crippen MR) is 92.0 cm³/mol. The smallest absolute Gasteiger partial charge is 0.228 e. The molecule has 1 aromatic rings. The summed E-state index contributed by atoms with van der Waals surface area (Å²) >= 11 is 11.9. The molecule has 0 spiro atoms. The molecule has 1 aliphatic rings. The number of nitrogens with zero attached hydrogens (tertiary/aromatic N) is 1. The van der Waals surface area contributed by atoms with E-state index in [-0.39, 0.29) is 17.9 Å². The van der Waals surface area contributed by atoms with Gasteiger partial charge in [0, 0.05) is 34.0 Å². The fourth-order valence-corrected chi connectivity index (χ4v) is 2.76. The highest BCUT2D eigenvalue weighted by atomic mass is 35.5. The van der Waals surface area contributed by atoms with Crippen LogP contribution >= 0.6 is 23.2 Å². The maximum Gasteiger partial charge on any atom is 0.228 e. The van der Waals surface area contributed by atoms with Gasteiger partial charge in [-0.05, 0) is 56.7 Å². The van der Waals surface area contributed by atoms with Crippen LogP contribution in [-0.4, -0.2) is 22.9 Å². The molecule has 0 fully saturated rings. The van der Waals surface area contributed by atoms with Crippen LogP contribution in [0.2, 0.25) is 10.0 Å². The number of allylic oxidation sites excluding steroid dienone is 1. The van der Waals surface area contributed by atoms with E-state index in [1.165, 1.54) is 0 Å². The number of carbonyl (C=O) groups is 1. The van der Waals surface area contributed by atoms with Gasteiger partial charge in [0.1, 0.15) is 0 Å². The zero-order chi connectivity index (χ0) is 16.3. The molecule has 2 rings (SSSR count). The van der Waals surface area contributed by atoms with Crippen LogP contribution in [0.4, 0.5) is 0 Å². The highest BCUT2D eigenvalue weighted by molar-refractivity contribution is 6.34. The lowest BCUT2D eigenvalue weighted by atomic mass is 10.1. The van der Waals surface area contributed by atoms with Gasteiger partial charge in [0.2, 0.25) is 5.91 Å². The number of benzene rings is 1. The first kappa shape index (κ1) is 16.9. The number of hydrogen-bond acceptors (Lipinski definition) is 2. The van der Waals surface area contributed by atoms with Crippen LogP contribution < -0.4 is 5.32 Å². The third-order valence-corrected chi connectivity index (χ3v) is 3.81. The molecule has 0 aromatic heterocycles. The molecule has 1 amide bonds. The van der Waals surface area contributed by atoms with Gasteiger partial charge < -0.3 is 10.2 Å². The number of amides is 1. The molecule has 0 unspecified atom stereocenters. The second-order valence-corrected chi connectivity index (χ2v) is 7.17. The van der Waals surface area contributed by atoms with Gasteiger partial charge in [0.25, 0.3) is 0 Å². The minimum absolute atomic E-state index is 0.0695. The second kappa shape index (κ2) is 6.76. The Kier molecular flexibility index (Phi) is 5.20. The van der Waals surface area contributed by atoms with Gasteiger partial charge in [-0.25, -0.2) is 0 Å². The minimum Gasteiger partial charge on any atom is -0.369 e. The van der Waals surface area contributed by atoms with Crippen molar-refractivity contribution in [2.75, 3.05) is 6.54 Å². The monoisotopic (exact) mass is 338 g/mol. The van der Waals surface area contributed by atoms with E-state index >= 15 is 0 Å². The number of rotatable bonds is 3. The average molecular weight is 339 g/mol. The van der Waals surface area contributed by atoms with Crippen LogP contribution in [0.3, 0.4) is 0 Å². The molecule has 118 valence electrons. The Labute approximate surface area is 141 Å². The fourth-order valence-electron chi connectivity index (χ4n) is 2.19. The van der Waals surface area contributed by atoms with Gasteiger partial charge in [-0.15, -0.1) is 0 Å². The molecule has 5 heteroatoms. The molecule has 1 aromatic carbocycles. The normalized spacial score (nSPS) is 14.8. The number of halogens is 2. The van der Waals surface area contributed by atoms with Crippen LogP contribution in [0.25, 0.3) is 0 Å². The van der Waals surface area contributed by atoms with Gasteiger partial charge in [0.15, 0.2) is 0 Å². The van der Waals surface area contributed by atoms with Gasteiger partial charge >= 0.3 is 0 Å².